The van der Waals surface area contributed by atoms with Crippen LogP contribution >= 0.6 is 23.2 Å². The molecule has 0 saturated carbocycles. The van der Waals surface area contributed by atoms with Gasteiger partial charge in [-0.1, -0.05) is 48.4 Å². The fourth-order valence-electron chi connectivity index (χ4n) is 2.14. The van der Waals surface area contributed by atoms with Gasteiger partial charge in [-0.2, -0.15) is 0 Å². The summed E-state index contributed by atoms with van der Waals surface area (Å²) in [5.74, 6) is 0. The average Bonchev–Trinajstić information content (AvgIpc) is 2.16. The van der Waals surface area contributed by atoms with Gasteiger partial charge < -0.3 is 0 Å². The summed E-state index contributed by atoms with van der Waals surface area (Å²) in [5.41, 5.74) is 2.50. The fraction of sp³-hybridized carbons (Fsp3) is 0.500. The van der Waals surface area contributed by atoms with Gasteiger partial charge >= 0.3 is 0 Å². The Morgan fingerprint density at radius 2 is 1.47 bits per heavy atom. The minimum atomic E-state index is -0.997. The van der Waals surface area contributed by atoms with Gasteiger partial charge in [-0.15, -0.1) is 0 Å². The Bertz CT molecular complexity index is 354. The van der Waals surface area contributed by atoms with E-state index in [2.05, 4.69) is 13.1 Å². The summed E-state index contributed by atoms with van der Waals surface area (Å²) in [4.78, 5) is 0. The lowest BCUT2D eigenvalue weighted by Gasteiger charge is -2.26. The molecule has 2 rings (SSSR count). The molecule has 0 N–H and O–H groups in total. The molecule has 0 unspecified atom stereocenters. The summed E-state index contributed by atoms with van der Waals surface area (Å²) in [6.07, 6.45) is 2.21. The molecule has 1 aromatic rings. The zero-order chi connectivity index (χ0) is 11.1. The third kappa shape index (κ3) is 2.58. The van der Waals surface area contributed by atoms with Gasteiger partial charge in [0, 0.05) is 18.1 Å². The molecule has 1 aromatic carbocycles. The van der Waals surface area contributed by atoms with E-state index in [1.54, 1.807) is 0 Å². The van der Waals surface area contributed by atoms with E-state index in [1.807, 2.05) is 12.1 Å². The third-order valence-electron chi connectivity index (χ3n) is 3.33. The minimum Gasteiger partial charge on any atom is -0.0843 e. The zero-order valence-corrected chi connectivity index (χ0v) is 11.8. The summed E-state index contributed by atoms with van der Waals surface area (Å²) >= 11 is 12.4. The number of hydrogen-bond acceptors (Lipinski definition) is 0. The van der Waals surface area contributed by atoms with Crippen LogP contribution in [0.4, 0.5) is 0 Å². The van der Waals surface area contributed by atoms with Crippen molar-refractivity contribution >= 4 is 31.3 Å². The molecule has 0 saturated heterocycles. The summed E-state index contributed by atoms with van der Waals surface area (Å²) in [6.45, 7) is 4.93. The largest absolute Gasteiger partial charge is 0.0843 e. The molecule has 1 aliphatic heterocycles. The van der Waals surface area contributed by atoms with Crippen LogP contribution in [0.15, 0.2) is 12.1 Å². The van der Waals surface area contributed by atoms with Crippen molar-refractivity contribution in [3.8, 4) is 0 Å². The van der Waals surface area contributed by atoms with Crippen LogP contribution in [0, 0.1) is 0 Å². The lowest BCUT2D eigenvalue weighted by Crippen LogP contribution is -2.27. The Morgan fingerprint density at radius 3 is 1.93 bits per heavy atom. The summed E-state index contributed by atoms with van der Waals surface area (Å²) in [6, 6.07) is 6.71. The monoisotopic (exact) mass is 258 g/mol. The molecule has 0 aromatic heterocycles. The van der Waals surface area contributed by atoms with Gasteiger partial charge in [-0.3, -0.25) is 0 Å². The van der Waals surface area contributed by atoms with E-state index >= 15 is 0 Å². The SMILES string of the molecule is C[Si]1(C)CCc2cc(Cl)cc(c2Cl)CC1. The number of fused-ring (bicyclic) bond motifs is 2. The van der Waals surface area contributed by atoms with Gasteiger partial charge in [0.15, 0.2) is 0 Å². The molecule has 0 nitrogen and oxygen atoms in total. The second kappa shape index (κ2) is 4.12. The molecule has 3 heteroatoms. The molecule has 0 amide bonds. The number of rotatable bonds is 0. The van der Waals surface area contributed by atoms with Crippen LogP contribution in [0.3, 0.4) is 0 Å². The maximum atomic E-state index is 6.34. The van der Waals surface area contributed by atoms with Crippen LogP contribution in [-0.4, -0.2) is 8.07 Å². The quantitative estimate of drug-likeness (QED) is 0.587. The summed E-state index contributed by atoms with van der Waals surface area (Å²) in [5, 5.41) is 1.80. The predicted octanol–water partition coefficient (Wildman–Crippen LogP) is 4.80. The topological polar surface area (TPSA) is 0 Å². The van der Waals surface area contributed by atoms with Crippen LogP contribution in [0.2, 0.25) is 35.2 Å². The van der Waals surface area contributed by atoms with E-state index in [1.165, 1.54) is 23.2 Å². The van der Waals surface area contributed by atoms with E-state index in [-0.39, 0.29) is 0 Å². The van der Waals surface area contributed by atoms with Crippen molar-refractivity contribution in [2.75, 3.05) is 0 Å². The number of aryl methyl sites for hydroxylation is 2. The van der Waals surface area contributed by atoms with E-state index in [9.17, 15) is 0 Å². The van der Waals surface area contributed by atoms with Gasteiger partial charge in [-0.05, 0) is 36.1 Å². The second-order valence-electron chi connectivity index (χ2n) is 5.20. The van der Waals surface area contributed by atoms with Crippen molar-refractivity contribution in [3.63, 3.8) is 0 Å². The predicted molar refractivity (Wildman–Crippen MR) is 71.0 cm³/mol. The Kier molecular flexibility index (Phi) is 3.16. The van der Waals surface area contributed by atoms with Crippen molar-refractivity contribution in [2.45, 2.75) is 38.0 Å². The molecule has 1 aliphatic rings. The van der Waals surface area contributed by atoms with Crippen molar-refractivity contribution in [2.24, 2.45) is 0 Å². The van der Waals surface area contributed by atoms with Crippen LogP contribution in [0.1, 0.15) is 11.1 Å². The first-order chi connectivity index (χ1) is 6.98. The first-order valence-electron chi connectivity index (χ1n) is 5.45. The van der Waals surface area contributed by atoms with Crippen LogP contribution in [0.5, 0.6) is 0 Å². The zero-order valence-electron chi connectivity index (χ0n) is 9.24. The number of benzene rings is 1. The Hall–Kier alpha value is 0.0169. The molecule has 82 valence electrons. The molecule has 0 fully saturated rings. The van der Waals surface area contributed by atoms with Gasteiger partial charge in [0.25, 0.3) is 0 Å². The summed E-state index contributed by atoms with van der Waals surface area (Å²) < 4.78 is 0. The first-order valence-corrected chi connectivity index (χ1v) is 9.62. The highest BCUT2D eigenvalue weighted by Crippen LogP contribution is 2.33. The average molecular weight is 259 g/mol. The lowest BCUT2D eigenvalue weighted by molar-refractivity contribution is 0.989. The van der Waals surface area contributed by atoms with Crippen molar-refractivity contribution in [1.29, 1.82) is 0 Å². The second-order valence-corrected chi connectivity index (χ2v) is 11.3. The van der Waals surface area contributed by atoms with Crippen LogP contribution in [-0.2, 0) is 12.8 Å². The molecule has 0 aliphatic carbocycles. The van der Waals surface area contributed by atoms with E-state index in [0.29, 0.717) is 0 Å². The summed E-state index contributed by atoms with van der Waals surface area (Å²) in [7, 11) is -0.997. The first kappa shape index (κ1) is 11.5. The van der Waals surface area contributed by atoms with E-state index < -0.39 is 8.07 Å². The molecule has 15 heavy (non-hydrogen) atoms. The highest BCUT2D eigenvalue weighted by molar-refractivity contribution is 6.77. The molecular formula is C12H16Cl2Si. The Morgan fingerprint density at radius 1 is 1.00 bits per heavy atom. The molecule has 0 spiro atoms. The van der Waals surface area contributed by atoms with Crippen molar-refractivity contribution in [1.82, 2.24) is 0 Å². The fourth-order valence-corrected chi connectivity index (χ4v) is 4.85. The van der Waals surface area contributed by atoms with Crippen molar-refractivity contribution in [3.05, 3.63) is 33.3 Å². The molecule has 0 radical (unpaired) electrons. The molecular weight excluding hydrogens is 243 g/mol. The number of halogens is 2. The molecule has 0 atom stereocenters. The standard InChI is InChI=1S/C12H16Cl2Si/c1-15(2)5-3-9-7-11(13)8-10(4-6-15)12(9)14/h7-8H,3-6H2,1-2H3. The molecule has 2 bridgehead atoms. The minimum absolute atomic E-state index is 0.839. The molecule has 1 heterocycles. The maximum Gasteiger partial charge on any atom is 0.0480 e. The van der Waals surface area contributed by atoms with Crippen LogP contribution < -0.4 is 0 Å². The van der Waals surface area contributed by atoms with E-state index in [0.717, 1.165) is 22.9 Å². The van der Waals surface area contributed by atoms with Crippen LogP contribution in [0.25, 0.3) is 0 Å². The van der Waals surface area contributed by atoms with Gasteiger partial charge in [0.1, 0.15) is 0 Å². The third-order valence-corrected chi connectivity index (χ3v) is 7.24. The van der Waals surface area contributed by atoms with Gasteiger partial charge in [0.05, 0.1) is 0 Å². The maximum absolute atomic E-state index is 6.34. The Labute approximate surface area is 103 Å². The van der Waals surface area contributed by atoms with Gasteiger partial charge in [-0.25, -0.2) is 0 Å². The van der Waals surface area contributed by atoms with Crippen molar-refractivity contribution < 1.29 is 0 Å². The Balaban J connectivity index is 2.41. The smallest absolute Gasteiger partial charge is 0.0480 e. The highest BCUT2D eigenvalue weighted by atomic mass is 35.5. The highest BCUT2D eigenvalue weighted by Gasteiger charge is 2.24. The van der Waals surface area contributed by atoms with E-state index in [4.69, 9.17) is 23.2 Å². The van der Waals surface area contributed by atoms with Gasteiger partial charge in [0.2, 0.25) is 0 Å². The normalized spacial score (nSPS) is 19.5. The number of hydrogen-bond donors (Lipinski definition) is 0. The lowest BCUT2D eigenvalue weighted by atomic mass is 10.1.